The lowest BCUT2D eigenvalue weighted by Gasteiger charge is -2.49. The predicted octanol–water partition coefficient (Wildman–Crippen LogP) is 3.17. The standard InChI is InChI=1S/C16H30N2/c1-16(9-5-10-16)18-12-6-11-17-15(13-18)14-7-3-2-4-8-14/h14-15,17H,2-13H2,1H3. The molecule has 0 aromatic rings. The summed E-state index contributed by atoms with van der Waals surface area (Å²) in [7, 11) is 0. The Morgan fingerprint density at radius 1 is 1.00 bits per heavy atom. The molecule has 3 fully saturated rings. The van der Waals surface area contributed by atoms with Crippen LogP contribution < -0.4 is 5.32 Å². The normalized spacial score (nSPS) is 34.8. The summed E-state index contributed by atoms with van der Waals surface area (Å²) in [6.07, 6.45) is 13.0. The summed E-state index contributed by atoms with van der Waals surface area (Å²) < 4.78 is 0. The SMILES string of the molecule is CC1(N2CCCNC(C3CCCCC3)C2)CCC1. The molecule has 0 aromatic carbocycles. The fourth-order valence-corrected chi connectivity index (χ4v) is 4.30. The molecule has 0 spiro atoms. The van der Waals surface area contributed by atoms with E-state index in [0.29, 0.717) is 5.54 Å². The molecule has 0 amide bonds. The molecule has 0 bridgehead atoms. The van der Waals surface area contributed by atoms with Gasteiger partial charge in [0.05, 0.1) is 0 Å². The molecule has 1 heterocycles. The Morgan fingerprint density at radius 2 is 1.78 bits per heavy atom. The van der Waals surface area contributed by atoms with Crippen LogP contribution in [-0.2, 0) is 0 Å². The summed E-state index contributed by atoms with van der Waals surface area (Å²) in [6, 6.07) is 0.783. The Hall–Kier alpha value is -0.0800. The van der Waals surface area contributed by atoms with E-state index in [1.165, 1.54) is 77.4 Å². The third kappa shape index (κ3) is 2.60. The fraction of sp³-hybridized carbons (Fsp3) is 1.00. The van der Waals surface area contributed by atoms with Crippen molar-refractivity contribution in [2.24, 2.45) is 5.92 Å². The third-order valence-corrected chi connectivity index (χ3v) is 5.84. The van der Waals surface area contributed by atoms with Gasteiger partial charge in [-0.05, 0) is 64.5 Å². The van der Waals surface area contributed by atoms with Crippen LogP contribution in [0.1, 0.15) is 64.7 Å². The fourth-order valence-electron chi connectivity index (χ4n) is 4.30. The Balaban J connectivity index is 1.63. The molecule has 2 aliphatic carbocycles. The number of nitrogens with zero attached hydrogens (tertiary/aromatic N) is 1. The summed E-state index contributed by atoms with van der Waals surface area (Å²) in [5, 5.41) is 3.86. The maximum atomic E-state index is 3.86. The van der Waals surface area contributed by atoms with Gasteiger partial charge in [-0.1, -0.05) is 19.3 Å². The predicted molar refractivity (Wildman–Crippen MR) is 76.8 cm³/mol. The summed E-state index contributed by atoms with van der Waals surface area (Å²) >= 11 is 0. The molecule has 1 saturated heterocycles. The summed E-state index contributed by atoms with van der Waals surface area (Å²) in [6.45, 7) is 6.39. The van der Waals surface area contributed by atoms with Crippen LogP contribution in [0.2, 0.25) is 0 Å². The lowest BCUT2D eigenvalue weighted by atomic mass is 9.76. The van der Waals surface area contributed by atoms with Gasteiger partial charge in [0, 0.05) is 18.1 Å². The van der Waals surface area contributed by atoms with E-state index in [0.717, 1.165) is 12.0 Å². The smallest absolute Gasteiger partial charge is 0.0223 e. The first-order valence-corrected chi connectivity index (χ1v) is 8.26. The largest absolute Gasteiger partial charge is 0.312 e. The van der Waals surface area contributed by atoms with Gasteiger partial charge in [-0.15, -0.1) is 0 Å². The van der Waals surface area contributed by atoms with Crippen molar-refractivity contribution in [3.63, 3.8) is 0 Å². The van der Waals surface area contributed by atoms with Crippen LogP contribution in [0.25, 0.3) is 0 Å². The lowest BCUT2D eigenvalue weighted by molar-refractivity contribution is 0.0245. The minimum absolute atomic E-state index is 0.555. The van der Waals surface area contributed by atoms with Crippen LogP contribution in [0.3, 0.4) is 0 Å². The zero-order valence-corrected chi connectivity index (χ0v) is 12.1. The van der Waals surface area contributed by atoms with Crippen LogP contribution in [0.4, 0.5) is 0 Å². The van der Waals surface area contributed by atoms with Crippen molar-refractivity contribution in [1.82, 2.24) is 10.2 Å². The monoisotopic (exact) mass is 250 g/mol. The van der Waals surface area contributed by atoms with Gasteiger partial charge >= 0.3 is 0 Å². The average molecular weight is 250 g/mol. The molecule has 2 nitrogen and oxygen atoms in total. The van der Waals surface area contributed by atoms with E-state index in [9.17, 15) is 0 Å². The second-order valence-electron chi connectivity index (χ2n) is 7.11. The number of hydrogen-bond donors (Lipinski definition) is 1. The van der Waals surface area contributed by atoms with E-state index in [4.69, 9.17) is 0 Å². The quantitative estimate of drug-likeness (QED) is 0.810. The maximum absolute atomic E-state index is 3.86. The first-order valence-electron chi connectivity index (χ1n) is 8.26. The van der Waals surface area contributed by atoms with Crippen molar-refractivity contribution in [3.8, 4) is 0 Å². The summed E-state index contributed by atoms with van der Waals surface area (Å²) in [5.74, 6) is 0.961. The van der Waals surface area contributed by atoms with Gasteiger partial charge in [-0.3, -0.25) is 4.90 Å². The van der Waals surface area contributed by atoms with Crippen molar-refractivity contribution >= 4 is 0 Å². The van der Waals surface area contributed by atoms with Crippen molar-refractivity contribution in [3.05, 3.63) is 0 Å². The zero-order chi connectivity index (χ0) is 12.4. The van der Waals surface area contributed by atoms with Crippen LogP contribution in [0, 0.1) is 5.92 Å². The minimum Gasteiger partial charge on any atom is -0.312 e. The van der Waals surface area contributed by atoms with Gasteiger partial charge in [0.25, 0.3) is 0 Å². The maximum Gasteiger partial charge on any atom is 0.0223 e. The molecule has 18 heavy (non-hydrogen) atoms. The summed E-state index contributed by atoms with van der Waals surface area (Å²) in [5.41, 5.74) is 0.555. The van der Waals surface area contributed by atoms with E-state index in [-0.39, 0.29) is 0 Å². The molecule has 1 unspecified atom stereocenters. The average Bonchev–Trinajstić information content (AvgIpc) is 2.63. The molecule has 0 radical (unpaired) electrons. The van der Waals surface area contributed by atoms with E-state index >= 15 is 0 Å². The van der Waals surface area contributed by atoms with E-state index in [1.807, 2.05) is 0 Å². The van der Waals surface area contributed by atoms with Crippen LogP contribution in [0.15, 0.2) is 0 Å². The second kappa shape index (κ2) is 5.50. The molecular formula is C16H30N2. The highest BCUT2D eigenvalue weighted by atomic mass is 15.2. The first-order chi connectivity index (χ1) is 8.78. The molecule has 1 aliphatic heterocycles. The van der Waals surface area contributed by atoms with Gasteiger partial charge < -0.3 is 5.32 Å². The molecule has 3 aliphatic rings. The van der Waals surface area contributed by atoms with Crippen molar-refractivity contribution in [2.45, 2.75) is 76.3 Å². The molecular weight excluding hydrogens is 220 g/mol. The van der Waals surface area contributed by atoms with Crippen molar-refractivity contribution < 1.29 is 0 Å². The zero-order valence-electron chi connectivity index (χ0n) is 12.1. The van der Waals surface area contributed by atoms with Gasteiger partial charge in [0.2, 0.25) is 0 Å². The highest BCUT2D eigenvalue weighted by Gasteiger charge is 2.40. The van der Waals surface area contributed by atoms with E-state index in [1.54, 1.807) is 0 Å². The Kier molecular flexibility index (Phi) is 3.95. The van der Waals surface area contributed by atoms with Gasteiger partial charge in [0.1, 0.15) is 0 Å². The summed E-state index contributed by atoms with van der Waals surface area (Å²) in [4.78, 5) is 2.83. The lowest BCUT2D eigenvalue weighted by Crippen LogP contribution is -2.55. The molecule has 1 N–H and O–H groups in total. The van der Waals surface area contributed by atoms with Crippen molar-refractivity contribution in [1.29, 1.82) is 0 Å². The first kappa shape index (κ1) is 12.9. The molecule has 2 heteroatoms. The van der Waals surface area contributed by atoms with Gasteiger partial charge in [-0.25, -0.2) is 0 Å². The van der Waals surface area contributed by atoms with Crippen molar-refractivity contribution in [2.75, 3.05) is 19.6 Å². The van der Waals surface area contributed by atoms with Gasteiger partial charge in [0.15, 0.2) is 0 Å². The Bertz CT molecular complexity index is 266. The minimum atomic E-state index is 0.555. The molecule has 0 aromatic heterocycles. The molecule has 3 rings (SSSR count). The third-order valence-electron chi connectivity index (χ3n) is 5.84. The number of rotatable bonds is 2. The number of hydrogen-bond acceptors (Lipinski definition) is 2. The van der Waals surface area contributed by atoms with Gasteiger partial charge in [-0.2, -0.15) is 0 Å². The second-order valence-corrected chi connectivity index (χ2v) is 7.11. The molecule has 104 valence electrons. The highest BCUT2D eigenvalue weighted by molar-refractivity contribution is 4.97. The topological polar surface area (TPSA) is 15.3 Å². The highest BCUT2D eigenvalue weighted by Crippen LogP contribution is 2.38. The van der Waals surface area contributed by atoms with Crippen LogP contribution in [0.5, 0.6) is 0 Å². The number of nitrogens with one attached hydrogen (secondary N) is 1. The molecule has 1 atom stereocenters. The Morgan fingerprint density at radius 3 is 2.44 bits per heavy atom. The molecule has 2 saturated carbocycles. The van der Waals surface area contributed by atoms with E-state index < -0.39 is 0 Å². The van der Waals surface area contributed by atoms with Crippen LogP contribution in [-0.4, -0.2) is 36.1 Å². The van der Waals surface area contributed by atoms with E-state index in [2.05, 4.69) is 17.1 Å². The Labute approximate surface area is 113 Å². The van der Waals surface area contributed by atoms with Crippen LogP contribution >= 0.6 is 0 Å².